The number of Topliss-reactive ketones (excluding diaryl/α,β-unsaturated/α-hetero) is 1. The number of nitrogens with zero attached hydrogens (tertiary/aromatic N) is 1. The van der Waals surface area contributed by atoms with Crippen molar-refractivity contribution in [2.75, 3.05) is 11.9 Å². The maximum Gasteiger partial charge on any atom is 0.364 e. The van der Waals surface area contributed by atoms with Crippen molar-refractivity contribution in [3.63, 3.8) is 0 Å². The van der Waals surface area contributed by atoms with Crippen molar-refractivity contribution in [3.05, 3.63) is 0 Å². The number of rotatable bonds is 6. The number of carbonyl (C=O) groups is 2. The average Bonchev–Trinajstić information content (AvgIpc) is 2.39. The zero-order valence-electron chi connectivity index (χ0n) is 11.4. The van der Waals surface area contributed by atoms with E-state index >= 15 is 0 Å². The van der Waals surface area contributed by atoms with Crippen molar-refractivity contribution in [2.24, 2.45) is 11.1 Å². The molecule has 1 aliphatic carbocycles. The van der Waals surface area contributed by atoms with Crippen molar-refractivity contribution >= 4 is 33.4 Å². The number of hydrogen-bond acceptors (Lipinski definition) is 5. The van der Waals surface area contributed by atoms with Gasteiger partial charge in [-0.1, -0.05) is 34.4 Å². The summed E-state index contributed by atoms with van der Waals surface area (Å²) in [6, 6.07) is 0. The molecule has 0 N–H and O–H groups in total. The molecule has 0 aliphatic heterocycles. The normalized spacial score (nSPS) is 23.8. The summed E-state index contributed by atoms with van der Waals surface area (Å²) < 4.78 is 4.80. The smallest absolute Gasteiger partial charge is 0.364 e. The van der Waals surface area contributed by atoms with Crippen LogP contribution in [0, 0.1) is 5.92 Å². The van der Waals surface area contributed by atoms with E-state index in [0.717, 1.165) is 19.3 Å². The van der Waals surface area contributed by atoms with Crippen LogP contribution in [0.15, 0.2) is 5.16 Å². The van der Waals surface area contributed by atoms with Gasteiger partial charge in [-0.05, 0) is 32.1 Å². The van der Waals surface area contributed by atoms with Gasteiger partial charge in [0.25, 0.3) is 0 Å². The minimum absolute atomic E-state index is 0.0173. The minimum atomic E-state index is -0.726. The van der Waals surface area contributed by atoms with E-state index in [1.807, 2.05) is 0 Å². The van der Waals surface area contributed by atoms with Gasteiger partial charge in [0, 0.05) is 0 Å². The lowest BCUT2D eigenvalue weighted by Gasteiger charge is -2.24. The highest BCUT2D eigenvalue weighted by atomic mass is 79.9. The van der Waals surface area contributed by atoms with Crippen LogP contribution >= 0.6 is 15.9 Å². The van der Waals surface area contributed by atoms with Crippen molar-refractivity contribution in [2.45, 2.75) is 45.6 Å². The lowest BCUT2D eigenvalue weighted by molar-refractivity contribution is -0.136. The van der Waals surface area contributed by atoms with Crippen LogP contribution in [-0.2, 0) is 19.2 Å². The lowest BCUT2D eigenvalue weighted by Crippen LogP contribution is -2.29. The summed E-state index contributed by atoms with van der Waals surface area (Å²) in [5.74, 6) is -0.565. The summed E-state index contributed by atoms with van der Waals surface area (Å²) in [6.45, 7) is 4.04. The Morgan fingerprint density at radius 2 is 2.11 bits per heavy atom. The van der Waals surface area contributed by atoms with E-state index in [2.05, 4.69) is 28.0 Å². The molecule has 6 heteroatoms. The number of ketones is 1. The van der Waals surface area contributed by atoms with Crippen LogP contribution in [0.5, 0.6) is 0 Å². The van der Waals surface area contributed by atoms with Gasteiger partial charge in [0.2, 0.25) is 11.5 Å². The monoisotopic (exact) mass is 333 g/mol. The van der Waals surface area contributed by atoms with Crippen molar-refractivity contribution < 1.29 is 19.2 Å². The molecule has 0 heterocycles. The van der Waals surface area contributed by atoms with Gasteiger partial charge < -0.3 is 9.57 Å². The van der Waals surface area contributed by atoms with Crippen LogP contribution < -0.4 is 0 Å². The second-order valence-corrected chi connectivity index (χ2v) is 5.28. The molecular formula is C13H20BrNO4. The zero-order chi connectivity index (χ0) is 14.3. The summed E-state index contributed by atoms with van der Waals surface area (Å²) in [5, 5.41) is 3.76. The quantitative estimate of drug-likeness (QED) is 0.246. The maximum atomic E-state index is 11.6. The fourth-order valence-corrected chi connectivity index (χ4v) is 2.33. The van der Waals surface area contributed by atoms with Gasteiger partial charge in [0.1, 0.15) is 6.10 Å². The topological polar surface area (TPSA) is 65.0 Å². The Morgan fingerprint density at radius 1 is 1.37 bits per heavy atom. The Kier molecular flexibility index (Phi) is 7.05. The second kappa shape index (κ2) is 8.30. The first-order valence-electron chi connectivity index (χ1n) is 6.58. The van der Waals surface area contributed by atoms with Crippen LogP contribution in [0.25, 0.3) is 0 Å². The van der Waals surface area contributed by atoms with Gasteiger partial charge >= 0.3 is 5.97 Å². The highest BCUT2D eigenvalue weighted by Gasteiger charge is 2.24. The predicted molar refractivity (Wildman–Crippen MR) is 75.4 cm³/mol. The van der Waals surface area contributed by atoms with E-state index < -0.39 is 11.8 Å². The molecule has 0 aromatic carbocycles. The summed E-state index contributed by atoms with van der Waals surface area (Å²) >= 11 is 3.02. The molecule has 5 nitrogen and oxygen atoms in total. The standard InChI is InChI=1S/C13H20BrNO4/c1-3-18-13(17)12(11(16)8-14)15-19-10-6-4-5-9(2)7-10/h9-10H,3-8H2,1-2H3/b15-12-/t9-,10-/m1/s1. The van der Waals surface area contributed by atoms with Crippen molar-refractivity contribution in [1.29, 1.82) is 0 Å². The number of ether oxygens (including phenoxy) is 1. The third-order valence-corrected chi connectivity index (χ3v) is 3.54. The molecule has 19 heavy (non-hydrogen) atoms. The van der Waals surface area contributed by atoms with Crippen LogP contribution in [-0.4, -0.2) is 35.5 Å². The molecule has 0 spiro atoms. The first-order valence-corrected chi connectivity index (χ1v) is 7.70. The Bertz CT molecular complexity index is 357. The summed E-state index contributed by atoms with van der Waals surface area (Å²) in [7, 11) is 0. The molecule has 1 rings (SSSR count). The number of halogens is 1. The van der Waals surface area contributed by atoms with Crippen LogP contribution in [0.1, 0.15) is 39.5 Å². The van der Waals surface area contributed by atoms with E-state index in [1.165, 1.54) is 6.42 Å². The highest BCUT2D eigenvalue weighted by molar-refractivity contribution is 9.09. The third kappa shape index (κ3) is 5.30. The first-order chi connectivity index (χ1) is 9.08. The molecule has 1 aliphatic rings. The Labute approximate surface area is 121 Å². The van der Waals surface area contributed by atoms with Gasteiger partial charge in [0.15, 0.2) is 0 Å². The molecule has 0 bridgehead atoms. The molecule has 0 aromatic rings. The van der Waals surface area contributed by atoms with Gasteiger partial charge in [-0.15, -0.1) is 0 Å². The first kappa shape index (κ1) is 16.1. The minimum Gasteiger partial charge on any atom is -0.461 e. The Balaban J connectivity index is 2.65. The lowest BCUT2D eigenvalue weighted by atomic mass is 9.89. The van der Waals surface area contributed by atoms with Gasteiger partial charge in [0.05, 0.1) is 11.9 Å². The number of carbonyl (C=O) groups excluding carboxylic acids is 2. The summed E-state index contributed by atoms with van der Waals surface area (Å²) in [4.78, 5) is 28.6. The van der Waals surface area contributed by atoms with E-state index in [0.29, 0.717) is 5.92 Å². The molecule has 0 radical (unpaired) electrons. The Hall–Kier alpha value is -0.910. The van der Waals surface area contributed by atoms with E-state index in [4.69, 9.17) is 9.57 Å². The molecule has 0 amide bonds. The summed E-state index contributed by atoms with van der Waals surface area (Å²) in [6.07, 6.45) is 4.07. The molecule has 0 unspecified atom stereocenters. The third-order valence-electron chi connectivity index (χ3n) is 3.04. The van der Waals surface area contributed by atoms with Crippen LogP contribution in [0.3, 0.4) is 0 Å². The Morgan fingerprint density at radius 3 is 2.68 bits per heavy atom. The number of alkyl halides is 1. The fourth-order valence-electron chi connectivity index (χ4n) is 2.07. The van der Waals surface area contributed by atoms with Crippen LogP contribution in [0.4, 0.5) is 0 Å². The van der Waals surface area contributed by atoms with Crippen molar-refractivity contribution in [1.82, 2.24) is 0 Å². The predicted octanol–water partition coefficient (Wildman–Crippen LogP) is 2.46. The molecule has 1 saturated carbocycles. The largest absolute Gasteiger partial charge is 0.461 e. The number of esters is 1. The molecule has 0 aromatic heterocycles. The van der Waals surface area contributed by atoms with Gasteiger partial charge in [-0.2, -0.15) is 0 Å². The van der Waals surface area contributed by atoms with Gasteiger partial charge in [-0.3, -0.25) is 4.79 Å². The molecule has 2 atom stereocenters. The van der Waals surface area contributed by atoms with E-state index in [9.17, 15) is 9.59 Å². The van der Waals surface area contributed by atoms with Crippen LogP contribution in [0.2, 0.25) is 0 Å². The average molecular weight is 334 g/mol. The second-order valence-electron chi connectivity index (χ2n) is 4.72. The van der Waals surface area contributed by atoms with E-state index in [1.54, 1.807) is 6.92 Å². The summed E-state index contributed by atoms with van der Waals surface area (Å²) in [5.41, 5.74) is -0.267. The number of oxime groups is 1. The molecule has 0 saturated heterocycles. The van der Waals surface area contributed by atoms with E-state index in [-0.39, 0.29) is 23.8 Å². The van der Waals surface area contributed by atoms with Crippen molar-refractivity contribution in [3.8, 4) is 0 Å². The maximum absolute atomic E-state index is 11.6. The zero-order valence-corrected chi connectivity index (χ0v) is 12.9. The molecular weight excluding hydrogens is 314 g/mol. The SMILES string of the molecule is CCOC(=O)/C(=N\O[C@@H]1CCC[C@@H](C)C1)C(=O)CBr. The van der Waals surface area contributed by atoms with Gasteiger partial charge in [-0.25, -0.2) is 4.79 Å². The fraction of sp³-hybridized carbons (Fsp3) is 0.769. The molecule has 1 fully saturated rings. The highest BCUT2D eigenvalue weighted by Crippen LogP contribution is 2.25. The number of hydrogen-bond donors (Lipinski definition) is 0. The molecule has 108 valence electrons.